The van der Waals surface area contributed by atoms with Crippen molar-refractivity contribution in [2.24, 2.45) is 7.05 Å². The second-order valence-corrected chi connectivity index (χ2v) is 10.2. The smallest absolute Gasteiger partial charge is 0.296 e. The van der Waals surface area contributed by atoms with Crippen molar-refractivity contribution >= 4 is 15.7 Å². The average Bonchev–Trinajstić information content (AvgIpc) is 3.07. The van der Waals surface area contributed by atoms with Crippen LogP contribution in [0.5, 0.6) is 5.75 Å². The number of sulfonamides is 1. The van der Waals surface area contributed by atoms with Crippen molar-refractivity contribution in [1.82, 2.24) is 9.36 Å². The molecule has 0 aliphatic heterocycles. The second kappa shape index (κ2) is 9.84. The first-order chi connectivity index (χ1) is 16.7. The minimum Gasteiger partial charge on any atom is -0.494 e. The Hall–Kier alpha value is -3.78. The lowest BCUT2D eigenvalue weighted by Gasteiger charge is -2.24. The molecule has 0 bridgehead atoms. The van der Waals surface area contributed by atoms with Gasteiger partial charge in [0.2, 0.25) is 0 Å². The van der Waals surface area contributed by atoms with Crippen molar-refractivity contribution in [3.63, 3.8) is 0 Å². The first-order valence-corrected chi connectivity index (χ1v) is 12.8. The summed E-state index contributed by atoms with van der Waals surface area (Å²) in [4.78, 5) is 13.8. The molecule has 182 valence electrons. The van der Waals surface area contributed by atoms with Crippen LogP contribution in [0.1, 0.15) is 23.7 Å². The Labute approximate surface area is 205 Å². The molecule has 0 radical (unpaired) electrons. The van der Waals surface area contributed by atoms with Crippen LogP contribution >= 0.6 is 0 Å². The van der Waals surface area contributed by atoms with Gasteiger partial charge in [0.05, 0.1) is 29.4 Å². The molecular formula is C27H29N3O4S. The molecule has 1 heterocycles. The highest BCUT2D eigenvalue weighted by Crippen LogP contribution is 2.28. The summed E-state index contributed by atoms with van der Waals surface area (Å²) in [6, 6.07) is 23.1. The SMILES string of the molecule is CCOc1ccc(S(=O)(=O)N(Cc2ccc(C)cc2)c2c(C)n(C)n(-c3ccccc3)c2=O)cc1. The molecular weight excluding hydrogens is 462 g/mol. The predicted octanol–water partition coefficient (Wildman–Crippen LogP) is 4.59. The standard InChI is InChI=1S/C27H29N3O4S/c1-5-34-24-15-17-25(18-16-24)35(32,33)29(19-22-13-11-20(2)12-14-22)26-21(3)28(4)30(27(26)31)23-9-7-6-8-10-23/h6-18H,5,19H2,1-4H3. The molecule has 3 aromatic carbocycles. The highest BCUT2D eigenvalue weighted by molar-refractivity contribution is 7.92. The first kappa shape index (κ1) is 24.3. The molecule has 8 heteroatoms. The van der Waals surface area contributed by atoms with Gasteiger partial charge in [0.1, 0.15) is 11.4 Å². The normalized spacial score (nSPS) is 11.4. The van der Waals surface area contributed by atoms with E-state index in [1.807, 2.05) is 68.4 Å². The summed E-state index contributed by atoms with van der Waals surface area (Å²) in [5.41, 5.74) is 2.75. The van der Waals surface area contributed by atoms with Crippen molar-refractivity contribution in [3.8, 4) is 11.4 Å². The monoisotopic (exact) mass is 491 g/mol. The Balaban J connectivity index is 1.89. The van der Waals surface area contributed by atoms with Gasteiger partial charge in [-0.05, 0) is 62.7 Å². The van der Waals surface area contributed by atoms with Crippen LogP contribution in [0.25, 0.3) is 5.69 Å². The molecule has 0 atom stereocenters. The molecule has 0 spiro atoms. The number of hydrogen-bond acceptors (Lipinski definition) is 4. The molecule has 4 rings (SSSR count). The van der Waals surface area contributed by atoms with Gasteiger partial charge in [0.25, 0.3) is 15.6 Å². The number of ether oxygens (including phenoxy) is 1. The van der Waals surface area contributed by atoms with Gasteiger partial charge < -0.3 is 4.74 Å². The van der Waals surface area contributed by atoms with Gasteiger partial charge in [-0.15, -0.1) is 0 Å². The lowest BCUT2D eigenvalue weighted by molar-refractivity contribution is 0.340. The summed E-state index contributed by atoms with van der Waals surface area (Å²) >= 11 is 0. The maximum atomic E-state index is 14.0. The van der Waals surface area contributed by atoms with Gasteiger partial charge in [-0.3, -0.25) is 13.8 Å². The minimum atomic E-state index is -4.07. The number of benzene rings is 3. The summed E-state index contributed by atoms with van der Waals surface area (Å²) in [5, 5.41) is 0. The lowest BCUT2D eigenvalue weighted by Crippen LogP contribution is -2.35. The van der Waals surface area contributed by atoms with E-state index in [0.29, 0.717) is 23.7 Å². The van der Waals surface area contributed by atoms with E-state index >= 15 is 0 Å². The molecule has 35 heavy (non-hydrogen) atoms. The van der Waals surface area contributed by atoms with Crippen molar-refractivity contribution in [2.75, 3.05) is 10.9 Å². The molecule has 0 fully saturated rings. The Morgan fingerprint density at radius 2 is 1.51 bits per heavy atom. The zero-order chi connectivity index (χ0) is 25.2. The fourth-order valence-corrected chi connectivity index (χ4v) is 5.49. The van der Waals surface area contributed by atoms with Gasteiger partial charge in [0, 0.05) is 7.05 Å². The summed E-state index contributed by atoms with van der Waals surface area (Å²) < 4.78 is 37.8. The van der Waals surface area contributed by atoms with Gasteiger partial charge in [-0.1, -0.05) is 48.0 Å². The summed E-state index contributed by atoms with van der Waals surface area (Å²) in [6.45, 7) is 6.09. The first-order valence-electron chi connectivity index (χ1n) is 11.4. The number of aryl methyl sites for hydroxylation is 1. The van der Waals surface area contributed by atoms with Crippen LogP contribution in [0.2, 0.25) is 0 Å². The average molecular weight is 492 g/mol. The van der Waals surface area contributed by atoms with Crippen LogP contribution in [-0.4, -0.2) is 24.4 Å². The molecule has 0 aliphatic carbocycles. The molecule has 1 aromatic heterocycles. The Kier molecular flexibility index (Phi) is 6.84. The Bertz CT molecular complexity index is 1470. The van der Waals surface area contributed by atoms with Crippen LogP contribution < -0.4 is 14.6 Å². The van der Waals surface area contributed by atoms with E-state index in [9.17, 15) is 13.2 Å². The van der Waals surface area contributed by atoms with E-state index in [1.54, 1.807) is 30.8 Å². The van der Waals surface area contributed by atoms with E-state index < -0.39 is 15.6 Å². The van der Waals surface area contributed by atoms with Crippen LogP contribution in [0, 0.1) is 13.8 Å². The second-order valence-electron chi connectivity index (χ2n) is 8.31. The van der Waals surface area contributed by atoms with Crippen molar-refractivity contribution in [2.45, 2.75) is 32.2 Å². The minimum absolute atomic E-state index is 0.0186. The molecule has 0 saturated heterocycles. The fraction of sp³-hybridized carbons (Fsp3) is 0.222. The van der Waals surface area contributed by atoms with Crippen LogP contribution in [0.4, 0.5) is 5.69 Å². The third-order valence-electron chi connectivity index (χ3n) is 5.94. The molecule has 0 aliphatic rings. The van der Waals surface area contributed by atoms with E-state index in [4.69, 9.17) is 4.74 Å². The molecule has 4 aromatic rings. The van der Waals surface area contributed by atoms with Crippen molar-refractivity contribution < 1.29 is 13.2 Å². The van der Waals surface area contributed by atoms with Gasteiger partial charge in [-0.25, -0.2) is 13.1 Å². The number of rotatable bonds is 8. The third-order valence-corrected chi connectivity index (χ3v) is 7.70. The van der Waals surface area contributed by atoms with Crippen LogP contribution in [0.3, 0.4) is 0 Å². The van der Waals surface area contributed by atoms with Gasteiger partial charge in [-0.2, -0.15) is 0 Å². The molecule has 0 amide bonds. The number of hydrogen-bond donors (Lipinski definition) is 0. The summed E-state index contributed by atoms with van der Waals surface area (Å²) in [6.07, 6.45) is 0. The number of anilines is 1. The van der Waals surface area contributed by atoms with Gasteiger partial charge >= 0.3 is 0 Å². The zero-order valence-corrected chi connectivity index (χ0v) is 21.1. The maximum absolute atomic E-state index is 14.0. The van der Waals surface area contributed by atoms with E-state index in [-0.39, 0.29) is 17.1 Å². The number of para-hydroxylation sites is 1. The maximum Gasteiger partial charge on any atom is 0.296 e. The summed E-state index contributed by atoms with van der Waals surface area (Å²) in [5.74, 6) is 0.582. The number of aromatic nitrogens is 2. The molecule has 0 saturated carbocycles. The third kappa shape index (κ3) is 4.74. The van der Waals surface area contributed by atoms with E-state index in [2.05, 4.69) is 0 Å². The lowest BCUT2D eigenvalue weighted by atomic mass is 10.1. The predicted molar refractivity (Wildman–Crippen MR) is 138 cm³/mol. The van der Waals surface area contributed by atoms with Crippen molar-refractivity contribution in [1.29, 1.82) is 0 Å². The van der Waals surface area contributed by atoms with Gasteiger partial charge in [0.15, 0.2) is 0 Å². The zero-order valence-electron chi connectivity index (χ0n) is 20.3. The molecule has 7 nitrogen and oxygen atoms in total. The Morgan fingerprint density at radius 1 is 0.886 bits per heavy atom. The highest BCUT2D eigenvalue weighted by Gasteiger charge is 2.32. The molecule has 0 unspecified atom stereocenters. The van der Waals surface area contributed by atoms with Crippen LogP contribution in [0.15, 0.2) is 88.6 Å². The fourth-order valence-electron chi connectivity index (χ4n) is 3.99. The Morgan fingerprint density at radius 3 is 2.11 bits per heavy atom. The van der Waals surface area contributed by atoms with Crippen molar-refractivity contribution in [3.05, 3.63) is 106 Å². The summed E-state index contributed by atoms with van der Waals surface area (Å²) in [7, 11) is -2.32. The highest BCUT2D eigenvalue weighted by atomic mass is 32.2. The van der Waals surface area contributed by atoms with E-state index in [1.165, 1.54) is 21.1 Å². The quantitative estimate of drug-likeness (QED) is 0.361. The molecule has 0 N–H and O–H groups in total. The van der Waals surface area contributed by atoms with Crippen LogP contribution in [-0.2, 0) is 23.6 Å². The topological polar surface area (TPSA) is 73.5 Å². The van der Waals surface area contributed by atoms with E-state index in [0.717, 1.165) is 11.1 Å². The largest absolute Gasteiger partial charge is 0.494 e. The number of nitrogens with zero attached hydrogens (tertiary/aromatic N) is 3.